The summed E-state index contributed by atoms with van der Waals surface area (Å²) < 4.78 is 17.1. The van der Waals surface area contributed by atoms with Crippen LogP contribution in [-0.2, 0) is 4.74 Å². The number of nitrogens with two attached hydrogens (primary N) is 1. The van der Waals surface area contributed by atoms with Crippen molar-refractivity contribution in [2.75, 3.05) is 64.2 Å². The Kier molecular flexibility index (Phi) is 7.65. The third-order valence-electron chi connectivity index (χ3n) is 6.30. The van der Waals surface area contributed by atoms with Crippen molar-refractivity contribution in [1.29, 1.82) is 0 Å². The topological polar surface area (TPSA) is 86.0 Å². The van der Waals surface area contributed by atoms with E-state index in [0.29, 0.717) is 24.3 Å². The highest BCUT2D eigenvalue weighted by Gasteiger charge is 2.20. The predicted molar refractivity (Wildman–Crippen MR) is 126 cm³/mol. The summed E-state index contributed by atoms with van der Waals surface area (Å²) in [6, 6.07) is 7.77. The first-order chi connectivity index (χ1) is 15.6. The van der Waals surface area contributed by atoms with Crippen LogP contribution in [0.2, 0.25) is 0 Å². The van der Waals surface area contributed by atoms with Crippen molar-refractivity contribution < 1.29 is 14.2 Å². The molecule has 3 heterocycles. The fourth-order valence-electron chi connectivity index (χ4n) is 4.40. The molecule has 8 nitrogen and oxygen atoms in total. The minimum atomic E-state index is 0.353. The van der Waals surface area contributed by atoms with Crippen LogP contribution in [0.4, 0.5) is 17.5 Å². The maximum Gasteiger partial charge on any atom is 0.231 e. The second kappa shape index (κ2) is 10.8. The number of nitrogen functional groups attached to an aromatic ring is 1. The normalized spacial score (nSPS) is 17.4. The van der Waals surface area contributed by atoms with E-state index in [-0.39, 0.29) is 0 Å². The number of aromatic nitrogens is 2. The fraction of sp³-hybridized carbons (Fsp3) is 0.583. The van der Waals surface area contributed by atoms with Gasteiger partial charge >= 0.3 is 0 Å². The first kappa shape index (κ1) is 22.6. The van der Waals surface area contributed by atoms with Crippen LogP contribution in [0, 0.1) is 0 Å². The summed E-state index contributed by atoms with van der Waals surface area (Å²) in [6.45, 7) is 5.67. The molecule has 0 spiro atoms. The van der Waals surface area contributed by atoms with E-state index in [0.717, 1.165) is 61.9 Å². The number of hydrogen-bond acceptors (Lipinski definition) is 8. The molecule has 4 rings (SSSR count). The number of hydrogen-bond donors (Lipinski definition) is 1. The first-order valence-corrected chi connectivity index (χ1v) is 11.6. The maximum atomic E-state index is 6.13. The monoisotopic (exact) mass is 441 g/mol. The molecular formula is C24H35N5O3. The van der Waals surface area contributed by atoms with Gasteiger partial charge in [-0.2, -0.15) is 4.98 Å². The molecular weight excluding hydrogens is 406 g/mol. The summed E-state index contributed by atoms with van der Waals surface area (Å²) in [5.74, 6) is 2.87. The molecule has 2 fully saturated rings. The second-order valence-electron chi connectivity index (χ2n) is 8.55. The lowest BCUT2D eigenvalue weighted by molar-refractivity contribution is 0.0845. The highest BCUT2D eigenvalue weighted by molar-refractivity contribution is 5.62. The van der Waals surface area contributed by atoms with Crippen molar-refractivity contribution in [2.45, 2.75) is 38.0 Å². The third kappa shape index (κ3) is 5.61. The van der Waals surface area contributed by atoms with Gasteiger partial charge in [0, 0.05) is 50.5 Å². The molecule has 0 bridgehead atoms. The first-order valence-electron chi connectivity index (χ1n) is 11.6. The predicted octanol–water partition coefficient (Wildman–Crippen LogP) is 3.59. The Morgan fingerprint density at radius 1 is 1.12 bits per heavy atom. The summed E-state index contributed by atoms with van der Waals surface area (Å²) in [5, 5.41) is 0. The number of methoxy groups -OCH3 is 1. The van der Waals surface area contributed by atoms with E-state index in [1.807, 2.05) is 36.2 Å². The van der Waals surface area contributed by atoms with Gasteiger partial charge in [-0.1, -0.05) is 0 Å². The van der Waals surface area contributed by atoms with Gasteiger partial charge in [0.15, 0.2) is 11.5 Å². The van der Waals surface area contributed by atoms with Gasteiger partial charge in [-0.25, -0.2) is 4.98 Å². The van der Waals surface area contributed by atoms with Crippen LogP contribution in [0.3, 0.4) is 0 Å². The van der Waals surface area contributed by atoms with Crippen LogP contribution in [0.1, 0.15) is 43.7 Å². The van der Waals surface area contributed by atoms with Crippen molar-refractivity contribution in [3.63, 3.8) is 0 Å². The number of nitrogens with zero attached hydrogens (tertiary/aromatic N) is 4. The van der Waals surface area contributed by atoms with Crippen molar-refractivity contribution in [2.24, 2.45) is 0 Å². The van der Waals surface area contributed by atoms with E-state index in [1.165, 1.54) is 25.9 Å². The lowest BCUT2D eigenvalue weighted by atomic mass is 9.96. The minimum absolute atomic E-state index is 0.353. The largest absolute Gasteiger partial charge is 0.493 e. The summed E-state index contributed by atoms with van der Waals surface area (Å²) in [6.07, 6.45) is 5.53. The quantitative estimate of drug-likeness (QED) is 0.591. The molecule has 0 atom stereocenters. The third-order valence-corrected chi connectivity index (χ3v) is 6.30. The summed E-state index contributed by atoms with van der Waals surface area (Å²) >= 11 is 0. The van der Waals surface area contributed by atoms with Gasteiger partial charge in [0.1, 0.15) is 5.82 Å². The van der Waals surface area contributed by atoms with E-state index < -0.39 is 0 Å². The fourth-order valence-corrected chi connectivity index (χ4v) is 4.40. The second-order valence-corrected chi connectivity index (χ2v) is 8.55. The van der Waals surface area contributed by atoms with Crippen LogP contribution in [0.15, 0.2) is 24.3 Å². The highest BCUT2D eigenvalue weighted by Crippen LogP contribution is 2.34. The van der Waals surface area contributed by atoms with Crippen LogP contribution < -0.4 is 20.1 Å². The molecule has 1 aromatic heterocycles. The molecule has 32 heavy (non-hydrogen) atoms. The molecule has 0 saturated carbocycles. The van der Waals surface area contributed by atoms with E-state index in [9.17, 15) is 0 Å². The van der Waals surface area contributed by atoms with Crippen molar-refractivity contribution >= 4 is 17.5 Å². The van der Waals surface area contributed by atoms with Crippen LogP contribution in [0.5, 0.6) is 11.5 Å². The molecule has 0 unspecified atom stereocenters. The zero-order chi connectivity index (χ0) is 22.3. The standard InChI is InChI=1S/C24H35N5O3/c1-28(24-26-20(17-23(25)27-24)18-8-14-31-15-9-18)19-6-7-21(30-2)22(16-19)32-13-5-12-29-10-3-4-11-29/h6-7,16-18H,3-5,8-15H2,1-2H3,(H2,25,26,27). The number of ether oxygens (including phenoxy) is 3. The molecule has 2 saturated heterocycles. The van der Waals surface area contributed by atoms with Gasteiger partial charge in [0.25, 0.3) is 0 Å². The average Bonchev–Trinajstić information content (AvgIpc) is 3.35. The summed E-state index contributed by atoms with van der Waals surface area (Å²) in [7, 11) is 3.61. The number of rotatable bonds is 9. The molecule has 1 aromatic carbocycles. The molecule has 0 aliphatic carbocycles. The number of likely N-dealkylation sites (tertiary alicyclic amines) is 1. The Morgan fingerprint density at radius 2 is 1.91 bits per heavy atom. The highest BCUT2D eigenvalue weighted by atomic mass is 16.5. The van der Waals surface area contributed by atoms with Crippen LogP contribution in [0.25, 0.3) is 0 Å². The Morgan fingerprint density at radius 3 is 2.66 bits per heavy atom. The molecule has 8 heteroatoms. The summed E-state index contributed by atoms with van der Waals surface area (Å²) in [5.41, 5.74) is 8.03. The molecule has 2 N–H and O–H groups in total. The molecule has 2 aromatic rings. The van der Waals surface area contributed by atoms with Crippen molar-refractivity contribution in [1.82, 2.24) is 14.9 Å². The lowest BCUT2D eigenvalue weighted by Crippen LogP contribution is -2.22. The molecule has 2 aliphatic heterocycles. The molecule has 0 amide bonds. The Bertz CT molecular complexity index is 882. The van der Waals surface area contributed by atoms with Gasteiger partial charge in [-0.05, 0) is 57.3 Å². The van der Waals surface area contributed by atoms with E-state index in [1.54, 1.807) is 7.11 Å². The van der Waals surface area contributed by atoms with Crippen LogP contribution >= 0.6 is 0 Å². The van der Waals surface area contributed by atoms with E-state index in [4.69, 9.17) is 24.9 Å². The van der Waals surface area contributed by atoms with Crippen molar-refractivity contribution in [3.8, 4) is 11.5 Å². The zero-order valence-electron chi connectivity index (χ0n) is 19.3. The van der Waals surface area contributed by atoms with Gasteiger partial charge in [-0.3, -0.25) is 0 Å². The summed E-state index contributed by atoms with van der Waals surface area (Å²) in [4.78, 5) is 13.7. The zero-order valence-corrected chi connectivity index (χ0v) is 19.3. The molecule has 2 aliphatic rings. The lowest BCUT2D eigenvalue weighted by Gasteiger charge is -2.24. The van der Waals surface area contributed by atoms with E-state index in [2.05, 4.69) is 9.88 Å². The minimum Gasteiger partial charge on any atom is -0.493 e. The van der Waals surface area contributed by atoms with Crippen molar-refractivity contribution in [3.05, 3.63) is 30.0 Å². The average molecular weight is 442 g/mol. The van der Waals surface area contributed by atoms with Gasteiger partial charge in [0.05, 0.1) is 19.4 Å². The number of benzene rings is 1. The number of anilines is 3. The van der Waals surface area contributed by atoms with Gasteiger partial charge < -0.3 is 29.7 Å². The van der Waals surface area contributed by atoms with Gasteiger partial charge in [0.2, 0.25) is 5.95 Å². The maximum absolute atomic E-state index is 6.13. The Hall–Kier alpha value is -2.58. The Labute approximate surface area is 190 Å². The smallest absolute Gasteiger partial charge is 0.231 e. The van der Waals surface area contributed by atoms with E-state index >= 15 is 0 Å². The SMILES string of the molecule is COc1ccc(N(C)c2nc(N)cc(C3CCOCC3)n2)cc1OCCCN1CCCC1. The molecule has 0 radical (unpaired) electrons. The van der Waals surface area contributed by atoms with Gasteiger partial charge in [-0.15, -0.1) is 0 Å². The Balaban J connectivity index is 1.46. The van der Waals surface area contributed by atoms with Crippen LogP contribution in [-0.4, -0.2) is 68.5 Å². The molecule has 174 valence electrons.